The lowest BCUT2D eigenvalue weighted by Gasteiger charge is -2.39. The van der Waals surface area contributed by atoms with Gasteiger partial charge in [0.1, 0.15) is 0 Å². The molecule has 0 atom stereocenters. The summed E-state index contributed by atoms with van der Waals surface area (Å²) < 4.78 is 11.6. The highest BCUT2D eigenvalue weighted by Gasteiger charge is 2.40. The largest absolute Gasteiger partial charge is 0.348 e. The van der Waals surface area contributed by atoms with Gasteiger partial charge in [-0.05, 0) is 38.3 Å². The average molecular weight is 255 g/mol. The summed E-state index contributed by atoms with van der Waals surface area (Å²) in [5.41, 5.74) is 0.432. The first-order chi connectivity index (χ1) is 8.40. The number of ether oxygens (including phenoxy) is 2. The van der Waals surface area contributed by atoms with Crippen LogP contribution in [0, 0.1) is 5.41 Å². The van der Waals surface area contributed by atoms with Gasteiger partial charge in [0.2, 0.25) is 0 Å². The maximum Gasteiger partial charge on any atom is 0.168 e. The number of hydrogen-bond donors (Lipinski definition) is 0. The first-order valence-electron chi connectivity index (χ1n) is 7.38. The van der Waals surface area contributed by atoms with Crippen LogP contribution >= 0.6 is 0 Å². The molecule has 0 aromatic carbocycles. The van der Waals surface area contributed by atoms with Crippen LogP contribution in [0.15, 0.2) is 0 Å². The summed E-state index contributed by atoms with van der Waals surface area (Å²) in [4.78, 5) is 2.53. The van der Waals surface area contributed by atoms with E-state index in [9.17, 15) is 0 Å². The van der Waals surface area contributed by atoms with Gasteiger partial charge in [0, 0.05) is 18.9 Å². The monoisotopic (exact) mass is 255 g/mol. The van der Waals surface area contributed by atoms with E-state index in [4.69, 9.17) is 9.47 Å². The molecule has 3 nitrogen and oxygen atoms in total. The summed E-state index contributed by atoms with van der Waals surface area (Å²) in [6.07, 6.45) is 5.81. The van der Waals surface area contributed by atoms with Crippen LogP contribution in [0.5, 0.6) is 0 Å². The predicted molar refractivity (Wildman–Crippen MR) is 73.6 cm³/mol. The molecule has 0 unspecified atom stereocenters. The van der Waals surface area contributed by atoms with Gasteiger partial charge in [0.15, 0.2) is 5.79 Å². The van der Waals surface area contributed by atoms with Crippen molar-refractivity contribution in [2.75, 3.05) is 26.8 Å². The molecule has 0 amide bonds. The molecule has 1 heterocycles. The molecule has 18 heavy (non-hydrogen) atoms. The zero-order valence-electron chi connectivity index (χ0n) is 12.5. The Hall–Kier alpha value is -0.120. The molecule has 2 fully saturated rings. The van der Waals surface area contributed by atoms with Crippen LogP contribution < -0.4 is 0 Å². The Morgan fingerprint density at radius 1 is 1.11 bits per heavy atom. The summed E-state index contributed by atoms with van der Waals surface area (Å²) in [5.74, 6) is -0.207. The van der Waals surface area contributed by atoms with Crippen molar-refractivity contribution in [1.29, 1.82) is 0 Å². The van der Waals surface area contributed by atoms with Gasteiger partial charge in [-0.3, -0.25) is 0 Å². The van der Waals surface area contributed by atoms with Gasteiger partial charge in [-0.15, -0.1) is 0 Å². The minimum Gasteiger partial charge on any atom is -0.348 e. The summed E-state index contributed by atoms with van der Waals surface area (Å²) in [5, 5.41) is 0. The Morgan fingerprint density at radius 2 is 1.67 bits per heavy atom. The molecule has 2 rings (SSSR count). The highest BCUT2D eigenvalue weighted by molar-refractivity contribution is 4.86. The van der Waals surface area contributed by atoms with Gasteiger partial charge in [-0.1, -0.05) is 20.8 Å². The Labute approximate surface area is 112 Å². The number of nitrogens with zero attached hydrogens (tertiary/aromatic N) is 1. The lowest BCUT2D eigenvalue weighted by Crippen LogP contribution is -2.43. The molecule has 0 bridgehead atoms. The molecular formula is C15H29NO2. The molecule has 3 heteroatoms. The van der Waals surface area contributed by atoms with Crippen molar-refractivity contribution in [3.05, 3.63) is 0 Å². The third-order valence-electron chi connectivity index (χ3n) is 4.37. The second-order valence-electron chi connectivity index (χ2n) is 7.13. The van der Waals surface area contributed by atoms with Crippen molar-refractivity contribution >= 4 is 0 Å². The van der Waals surface area contributed by atoms with Gasteiger partial charge in [-0.2, -0.15) is 0 Å². The van der Waals surface area contributed by atoms with Crippen LogP contribution in [-0.2, 0) is 9.47 Å². The first-order valence-corrected chi connectivity index (χ1v) is 7.38. The SMILES string of the molecule is CN(CCC(C)(C)C)C1CCC2(CC1)OCCO2. The maximum absolute atomic E-state index is 5.78. The van der Waals surface area contributed by atoms with E-state index in [2.05, 4.69) is 32.7 Å². The number of rotatable bonds is 3. The van der Waals surface area contributed by atoms with Crippen molar-refractivity contribution in [2.45, 2.75) is 64.7 Å². The molecule has 1 aliphatic heterocycles. The van der Waals surface area contributed by atoms with Crippen molar-refractivity contribution < 1.29 is 9.47 Å². The van der Waals surface area contributed by atoms with Crippen LogP contribution in [0.3, 0.4) is 0 Å². The van der Waals surface area contributed by atoms with Crippen LogP contribution in [0.4, 0.5) is 0 Å². The van der Waals surface area contributed by atoms with Gasteiger partial charge in [0.05, 0.1) is 13.2 Å². The first kappa shape index (κ1) is 14.3. The van der Waals surface area contributed by atoms with E-state index in [1.165, 1.54) is 25.8 Å². The third-order valence-corrected chi connectivity index (χ3v) is 4.37. The van der Waals surface area contributed by atoms with E-state index in [1.54, 1.807) is 0 Å². The van der Waals surface area contributed by atoms with Crippen molar-refractivity contribution in [3.8, 4) is 0 Å². The summed E-state index contributed by atoms with van der Waals surface area (Å²) >= 11 is 0. The Balaban J connectivity index is 1.75. The van der Waals surface area contributed by atoms with Crippen molar-refractivity contribution in [1.82, 2.24) is 4.90 Å². The molecule has 0 N–H and O–H groups in total. The standard InChI is InChI=1S/C15H29NO2/c1-14(2,3)9-10-16(4)13-5-7-15(8-6-13)17-11-12-18-15/h13H,5-12H2,1-4H3. The van der Waals surface area contributed by atoms with E-state index in [0.717, 1.165) is 26.1 Å². The molecule has 2 aliphatic rings. The summed E-state index contributed by atoms with van der Waals surface area (Å²) in [7, 11) is 2.27. The predicted octanol–water partition coefficient (Wildman–Crippen LogP) is 3.04. The molecule has 1 aliphatic carbocycles. The highest BCUT2D eigenvalue weighted by atomic mass is 16.7. The molecule has 106 valence electrons. The van der Waals surface area contributed by atoms with Crippen molar-refractivity contribution in [2.24, 2.45) is 5.41 Å². The second kappa shape index (κ2) is 5.48. The van der Waals surface area contributed by atoms with Crippen molar-refractivity contribution in [3.63, 3.8) is 0 Å². The number of hydrogen-bond acceptors (Lipinski definition) is 3. The highest BCUT2D eigenvalue weighted by Crippen LogP contribution is 2.37. The fraction of sp³-hybridized carbons (Fsp3) is 1.00. The lowest BCUT2D eigenvalue weighted by molar-refractivity contribution is -0.183. The minimum absolute atomic E-state index is 0.207. The van der Waals surface area contributed by atoms with Crippen LogP contribution in [0.25, 0.3) is 0 Å². The van der Waals surface area contributed by atoms with E-state index in [0.29, 0.717) is 11.5 Å². The van der Waals surface area contributed by atoms with E-state index in [-0.39, 0.29) is 5.79 Å². The Bertz CT molecular complexity index is 256. The average Bonchev–Trinajstić information content (AvgIpc) is 2.75. The van der Waals surface area contributed by atoms with Gasteiger partial charge >= 0.3 is 0 Å². The molecule has 1 saturated heterocycles. The molecule has 0 aromatic rings. The minimum atomic E-state index is -0.207. The van der Waals surface area contributed by atoms with Crippen LogP contribution in [-0.4, -0.2) is 43.5 Å². The molecule has 1 saturated carbocycles. The quantitative estimate of drug-likeness (QED) is 0.773. The lowest BCUT2D eigenvalue weighted by atomic mass is 9.88. The van der Waals surface area contributed by atoms with Gasteiger partial charge in [-0.25, -0.2) is 0 Å². The molecular weight excluding hydrogens is 226 g/mol. The zero-order valence-corrected chi connectivity index (χ0v) is 12.5. The normalized spacial score (nSPS) is 25.2. The van der Waals surface area contributed by atoms with E-state index in [1.807, 2.05) is 0 Å². The fourth-order valence-electron chi connectivity index (χ4n) is 2.96. The fourth-order valence-corrected chi connectivity index (χ4v) is 2.96. The van der Waals surface area contributed by atoms with Crippen LogP contribution in [0.2, 0.25) is 0 Å². The van der Waals surface area contributed by atoms with E-state index < -0.39 is 0 Å². The van der Waals surface area contributed by atoms with Gasteiger partial charge in [0.25, 0.3) is 0 Å². The Kier molecular flexibility index (Phi) is 4.35. The van der Waals surface area contributed by atoms with E-state index >= 15 is 0 Å². The topological polar surface area (TPSA) is 21.7 Å². The molecule has 0 radical (unpaired) electrons. The zero-order chi connectivity index (χ0) is 13.2. The van der Waals surface area contributed by atoms with Crippen LogP contribution in [0.1, 0.15) is 52.9 Å². The maximum atomic E-state index is 5.78. The third kappa shape index (κ3) is 3.69. The summed E-state index contributed by atoms with van der Waals surface area (Å²) in [6.45, 7) is 9.71. The molecule has 0 aromatic heterocycles. The summed E-state index contributed by atoms with van der Waals surface area (Å²) in [6, 6.07) is 0.714. The second-order valence-corrected chi connectivity index (χ2v) is 7.13. The Morgan fingerprint density at radius 3 is 2.17 bits per heavy atom. The van der Waals surface area contributed by atoms with Gasteiger partial charge < -0.3 is 14.4 Å². The smallest absolute Gasteiger partial charge is 0.168 e. The molecule has 1 spiro atoms.